The van der Waals surface area contributed by atoms with Gasteiger partial charge in [0.05, 0.1) is 19.8 Å². The number of hydrogen-bond donors (Lipinski definition) is 1. The van der Waals surface area contributed by atoms with Crippen LogP contribution in [-0.4, -0.2) is 19.2 Å². The Bertz CT molecular complexity index is 325. The fourth-order valence-electron chi connectivity index (χ4n) is 1.01. The Morgan fingerprint density at radius 1 is 1.31 bits per heavy atom. The Morgan fingerprint density at radius 3 is 2.46 bits per heavy atom. The molecule has 0 aromatic heterocycles. The first-order chi connectivity index (χ1) is 6.19. The molecule has 0 saturated carbocycles. The Balaban J connectivity index is 3.18. The molecule has 1 rings (SSSR count). The number of hydrogen-bond acceptors (Lipinski definition) is 3. The molecule has 0 heterocycles. The van der Waals surface area contributed by atoms with E-state index in [1.54, 1.807) is 32.4 Å². The lowest BCUT2D eigenvalue weighted by molar-refractivity contribution is 0.402. The minimum absolute atomic E-state index is 0.302. The molecule has 1 aromatic rings. The minimum Gasteiger partial charge on any atom is -0.497 e. The molecule has 4 heteroatoms. The number of thiocarbonyl (C=S) groups is 1. The summed E-state index contributed by atoms with van der Waals surface area (Å²) in [5.41, 5.74) is 6.20. The third-order valence-corrected chi connectivity index (χ3v) is 1.89. The first kappa shape index (κ1) is 9.80. The maximum Gasteiger partial charge on any atom is 0.129 e. The lowest BCUT2D eigenvalue weighted by atomic mass is 10.2. The average molecular weight is 197 g/mol. The zero-order valence-corrected chi connectivity index (χ0v) is 8.35. The van der Waals surface area contributed by atoms with Crippen molar-refractivity contribution < 1.29 is 9.47 Å². The third kappa shape index (κ3) is 2.09. The van der Waals surface area contributed by atoms with Crippen LogP contribution in [0.4, 0.5) is 0 Å². The van der Waals surface area contributed by atoms with Crippen molar-refractivity contribution in [3.63, 3.8) is 0 Å². The molecule has 0 aliphatic rings. The maximum atomic E-state index is 5.51. The van der Waals surface area contributed by atoms with Gasteiger partial charge in [-0.25, -0.2) is 0 Å². The standard InChI is InChI=1S/C9H11NO2S/c1-11-6-3-4-8(12-2)7(5-6)9(10)13/h3-5H,1-2H3,(H2,10,13). The Labute approximate surface area is 82.5 Å². The van der Waals surface area contributed by atoms with Crippen molar-refractivity contribution in [2.75, 3.05) is 14.2 Å². The first-order valence-electron chi connectivity index (χ1n) is 3.71. The molecule has 0 spiro atoms. The van der Waals surface area contributed by atoms with Gasteiger partial charge in [-0.15, -0.1) is 0 Å². The molecule has 0 unspecified atom stereocenters. The molecule has 0 radical (unpaired) electrons. The van der Waals surface area contributed by atoms with Gasteiger partial charge in [-0.2, -0.15) is 0 Å². The van der Waals surface area contributed by atoms with E-state index in [1.807, 2.05) is 0 Å². The molecule has 0 amide bonds. The molecular weight excluding hydrogens is 186 g/mol. The van der Waals surface area contributed by atoms with Gasteiger partial charge in [0, 0.05) is 0 Å². The summed E-state index contributed by atoms with van der Waals surface area (Å²) in [6.45, 7) is 0. The second-order valence-electron chi connectivity index (χ2n) is 2.43. The number of nitrogens with two attached hydrogens (primary N) is 1. The second-order valence-corrected chi connectivity index (χ2v) is 2.87. The van der Waals surface area contributed by atoms with Crippen molar-refractivity contribution in [3.05, 3.63) is 23.8 Å². The normalized spacial score (nSPS) is 9.38. The highest BCUT2D eigenvalue weighted by molar-refractivity contribution is 7.80. The fourth-order valence-corrected chi connectivity index (χ4v) is 1.17. The Kier molecular flexibility index (Phi) is 3.08. The monoisotopic (exact) mass is 197 g/mol. The number of methoxy groups -OCH3 is 2. The lowest BCUT2D eigenvalue weighted by Gasteiger charge is -2.08. The van der Waals surface area contributed by atoms with Crippen LogP contribution in [0, 0.1) is 0 Å². The van der Waals surface area contributed by atoms with Gasteiger partial charge >= 0.3 is 0 Å². The summed E-state index contributed by atoms with van der Waals surface area (Å²) in [6.07, 6.45) is 0. The molecule has 13 heavy (non-hydrogen) atoms. The number of ether oxygens (including phenoxy) is 2. The topological polar surface area (TPSA) is 44.5 Å². The van der Waals surface area contributed by atoms with Crippen molar-refractivity contribution >= 4 is 17.2 Å². The fraction of sp³-hybridized carbons (Fsp3) is 0.222. The van der Waals surface area contributed by atoms with Crippen LogP contribution in [-0.2, 0) is 0 Å². The van der Waals surface area contributed by atoms with Crippen LogP contribution in [0.15, 0.2) is 18.2 Å². The summed E-state index contributed by atoms with van der Waals surface area (Å²) in [7, 11) is 3.16. The van der Waals surface area contributed by atoms with Gasteiger partial charge in [-0.3, -0.25) is 0 Å². The van der Waals surface area contributed by atoms with E-state index < -0.39 is 0 Å². The van der Waals surface area contributed by atoms with Crippen molar-refractivity contribution in [3.8, 4) is 11.5 Å². The predicted octanol–water partition coefficient (Wildman–Crippen LogP) is 1.34. The highest BCUT2D eigenvalue weighted by atomic mass is 32.1. The average Bonchev–Trinajstić information content (AvgIpc) is 2.16. The van der Waals surface area contributed by atoms with Crippen molar-refractivity contribution in [2.45, 2.75) is 0 Å². The van der Waals surface area contributed by atoms with E-state index >= 15 is 0 Å². The number of benzene rings is 1. The molecule has 0 atom stereocenters. The van der Waals surface area contributed by atoms with Crippen LogP contribution in [0.1, 0.15) is 5.56 Å². The zero-order chi connectivity index (χ0) is 9.84. The molecule has 0 fully saturated rings. The van der Waals surface area contributed by atoms with Gasteiger partial charge in [0.1, 0.15) is 16.5 Å². The van der Waals surface area contributed by atoms with Gasteiger partial charge in [-0.05, 0) is 18.2 Å². The first-order valence-corrected chi connectivity index (χ1v) is 4.11. The molecule has 0 aliphatic carbocycles. The Morgan fingerprint density at radius 2 is 2.00 bits per heavy atom. The summed E-state index contributed by atoms with van der Waals surface area (Å²) < 4.78 is 10.1. The molecule has 3 nitrogen and oxygen atoms in total. The smallest absolute Gasteiger partial charge is 0.129 e. The van der Waals surface area contributed by atoms with Crippen LogP contribution in [0.25, 0.3) is 0 Å². The van der Waals surface area contributed by atoms with Gasteiger partial charge in [0.15, 0.2) is 0 Å². The molecule has 0 aliphatic heterocycles. The summed E-state index contributed by atoms with van der Waals surface area (Å²) in [6, 6.07) is 5.31. The van der Waals surface area contributed by atoms with Crippen molar-refractivity contribution in [1.29, 1.82) is 0 Å². The van der Waals surface area contributed by atoms with Crippen LogP contribution >= 0.6 is 12.2 Å². The molecular formula is C9H11NO2S. The van der Waals surface area contributed by atoms with E-state index in [-0.39, 0.29) is 0 Å². The molecule has 2 N–H and O–H groups in total. The second kappa shape index (κ2) is 4.09. The largest absolute Gasteiger partial charge is 0.497 e. The van der Waals surface area contributed by atoms with E-state index in [4.69, 9.17) is 27.4 Å². The highest BCUT2D eigenvalue weighted by Gasteiger charge is 2.06. The summed E-state index contributed by atoms with van der Waals surface area (Å²) >= 11 is 4.87. The van der Waals surface area contributed by atoms with Gasteiger partial charge in [0.2, 0.25) is 0 Å². The van der Waals surface area contributed by atoms with Crippen molar-refractivity contribution in [2.24, 2.45) is 5.73 Å². The van der Waals surface area contributed by atoms with E-state index in [0.29, 0.717) is 22.1 Å². The van der Waals surface area contributed by atoms with Gasteiger partial charge in [-0.1, -0.05) is 12.2 Å². The minimum atomic E-state index is 0.302. The summed E-state index contributed by atoms with van der Waals surface area (Å²) in [4.78, 5) is 0.302. The zero-order valence-electron chi connectivity index (χ0n) is 7.53. The third-order valence-electron chi connectivity index (χ3n) is 1.67. The summed E-state index contributed by atoms with van der Waals surface area (Å²) in [5.74, 6) is 1.37. The van der Waals surface area contributed by atoms with E-state index in [0.717, 1.165) is 0 Å². The molecule has 70 valence electrons. The molecule has 1 aromatic carbocycles. The van der Waals surface area contributed by atoms with Gasteiger partial charge in [0.25, 0.3) is 0 Å². The Hall–Kier alpha value is -1.29. The van der Waals surface area contributed by atoms with E-state index in [2.05, 4.69) is 0 Å². The van der Waals surface area contributed by atoms with Crippen LogP contribution in [0.5, 0.6) is 11.5 Å². The lowest BCUT2D eigenvalue weighted by Crippen LogP contribution is -2.11. The highest BCUT2D eigenvalue weighted by Crippen LogP contribution is 2.23. The number of rotatable bonds is 3. The quantitative estimate of drug-likeness (QED) is 0.743. The van der Waals surface area contributed by atoms with Crippen molar-refractivity contribution in [1.82, 2.24) is 0 Å². The van der Waals surface area contributed by atoms with Crippen LogP contribution in [0.3, 0.4) is 0 Å². The van der Waals surface area contributed by atoms with Crippen LogP contribution in [0.2, 0.25) is 0 Å². The molecule has 0 saturated heterocycles. The van der Waals surface area contributed by atoms with E-state index in [1.165, 1.54) is 0 Å². The SMILES string of the molecule is COc1ccc(OC)c(C(N)=S)c1. The maximum absolute atomic E-state index is 5.51. The predicted molar refractivity (Wildman–Crippen MR) is 55.4 cm³/mol. The van der Waals surface area contributed by atoms with Crippen LogP contribution < -0.4 is 15.2 Å². The van der Waals surface area contributed by atoms with E-state index in [9.17, 15) is 0 Å². The summed E-state index contributed by atoms with van der Waals surface area (Å²) in [5, 5.41) is 0. The molecule has 0 bridgehead atoms. The van der Waals surface area contributed by atoms with Gasteiger partial charge < -0.3 is 15.2 Å².